The smallest absolute Gasteiger partial charge is 0.271 e. The van der Waals surface area contributed by atoms with Gasteiger partial charge in [0.25, 0.3) is 5.69 Å². The molecule has 0 bridgehead atoms. The molecule has 34 heavy (non-hydrogen) atoms. The molecule has 1 saturated heterocycles. The van der Waals surface area contributed by atoms with Crippen LogP contribution in [0.4, 0.5) is 11.4 Å². The minimum atomic E-state index is -0.298. The van der Waals surface area contributed by atoms with E-state index in [1.165, 1.54) is 48.5 Å². The van der Waals surface area contributed by atoms with Crippen molar-refractivity contribution in [2.45, 2.75) is 44.0 Å². The quantitative estimate of drug-likeness (QED) is 0.154. The zero-order valence-electron chi connectivity index (χ0n) is 19.9. The lowest BCUT2D eigenvalue weighted by molar-refractivity contribution is -0.384. The van der Waals surface area contributed by atoms with Gasteiger partial charge in [-0.25, -0.2) is 0 Å². The van der Waals surface area contributed by atoms with Gasteiger partial charge in [0.1, 0.15) is 0 Å². The number of benzene rings is 3. The van der Waals surface area contributed by atoms with E-state index in [-0.39, 0.29) is 10.6 Å². The van der Waals surface area contributed by atoms with Gasteiger partial charge >= 0.3 is 0 Å². The molecule has 1 heterocycles. The third kappa shape index (κ3) is 6.95. The number of anilines is 1. The number of nitro groups is 1. The first kappa shape index (κ1) is 24.5. The highest BCUT2D eigenvalue weighted by molar-refractivity contribution is 8.00. The van der Waals surface area contributed by atoms with Crippen LogP contribution in [-0.4, -0.2) is 47.4 Å². The van der Waals surface area contributed by atoms with Crippen LogP contribution in [0, 0.1) is 10.1 Å². The average Bonchev–Trinajstić information content (AvgIpc) is 3.07. The molecule has 3 aromatic rings. The second-order valence-corrected chi connectivity index (χ2v) is 9.92. The van der Waals surface area contributed by atoms with Crippen LogP contribution in [0.15, 0.2) is 65.6 Å². The highest BCUT2D eigenvalue weighted by Gasteiger charge is 2.17. The lowest BCUT2D eigenvalue weighted by Crippen LogP contribution is -2.31. The molecule has 0 radical (unpaired) electrons. The number of nitro benzene ring substituents is 1. The monoisotopic (exact) mass is 478 g/mol. The molecule has 0 aromatic heterocycles. The van der Waals surface area contributed by atoms with Crippen LogP contribution in [0.5, 0.6) is 0 Å². The molecule has 4 rings (SSSR count). The summed E-state index contributed by atoms with van der Waals surface area (Å²) in [6.07, 6.45) is 4.96. The Hall–Kier alpha value is -2.61. The molecule has 1 aliphatic heterocycles. The number of nitrogens with zero attached hydrogens (tertiary/aromatic N) is 3. The summed E-state index contributed by atoms with van der Waals surface area (Å²) in [4.78, 5) is 17.4. The van der Waals surface area contributed by atoms with E-state index in [2.05, 4.69) is 51.8 Å². The third-order valence-corrected chi connectivity index (χ3v) is 7.19. The van der Waals surface area contributed by atoms with E-state index < -0.39 is 0 Å². The van der Waals surface area contributed by atoms with Crippen LogP contribution < -0.4 is 4.72 Å². The van der Waals surface area contributed by atoms with E-state index in [0.29, 0.717) is 0 Å². The van der Waals surface area contributed by atoms with Gasteiger partial charge in [-0.2, -0.15) is 0 Å². The van der Waals surface area contributed by atoms with Crippen molar-refractivity contribution in [3.8, 4) is 0 Å². The molecule has 0 spiro atoms. The van der Waals surface area contributed by atoms with Gasteiger partial charge in [0.2, 0.25) is 0 Å². The fourth-order valence-corrected chi connectivity index (χ4v) is 5.20. The van der Waals surface area contributed by atoms with Crippen molar-refractivity contribution >= 4 is 34.1 Å². The number of hydrogen-bond donors (Lipinski definition) is 1. The molecule has 6 nitrogen and oxygen atoms in total. The van der Waals surface area contributed by atoms with Crippen LogP contribution in [0.1, 0.15) is 38.2 Å². The molecule has 1 fully saturated rings. The molecule has 180 valence electrons. The minimum absolute atomic E-state index is 0.134. The van der Waals surface area contributed by atoms with E-state index in [1.54, 1.807) is 12.1 Å². The highest BCUT2D eigenvalue weighted by atomic mass is 32.2. The topological polar surface area (TPSA) is 61.6 Å². The summed E-state index contributed by atoms with van der Waals surface area (Å²) in [5, 5.41) is 14.0. The van der Waals surface area contributed by atoms with Gasteiger partial charge in [0, 0.05) is 36.7 Å². The van der Waals surface area contributed by atoms with Gasteiger partial charge in [0.15, 0.2) is 0 Å². The maximum atomic E-state index is 11.6. The maximum Gasteiger partial charge on any atom is 0.271 e. The zero-order chi connectivity index (χ0) is 23.8. The second kappa shape index (κ2) is 12.2. The van der Waals surface area contributed by atoms with Gasteiger partial charge in [-0.3, -0.25) is 15.0 Å². The van der Waals surface area contributed by atoms with E-state index in [1.807, 2.05) is 18.2 Å². The van der Waals surface area contributed by atoms with Crippen molar-refractivity contribution in [3.63, 3.8) is 0 Å². The Morgan fingerprint density at radius 2 is 1.74 bits per heavy atom. The van der Waals surface area contributed by atoms with Gasteiger partial charge in [-0.05, 0) is 79.0 Å². The Kier molecular flexibility index (Phi) is 8.79. The van der Waals surface area contributed by atoms with Crippen molar-refractivity contribution in [3.05, 3.63) is 76.3 Å². The number of unbranched alkanes of at least 4 members (excludes halogenated alkanes) is 2. The largest absolute Gasteiger partial charge is 0.325 e. The van der Waals surface area contributed by atoms with Crippen molar-refractivity contribution in [2.75, 3.05) is 37.4 Å². The molecular weight excluding hydrogens is 444 g/mol. The van der Waals surface area contributed by atoms with Crippen molar-refractivity contribution in [2.24, 2.45) is 0 Å². The summed E-state index contributed by atoms with van der Waals surface area (Å²) < 4.78 is 3.33. The van der Waals surface area contributed by atoms with Gasteiger partial charge in [-0.1, -0.05) is 50.1 Å². The Bertz CT molecular complexity index is 1110. The van der Waals surface area contributed by atoms with Crippen LogP contribution in [0.2, 0.25) is 0 Å². The van der Waals surface area contributed by atoms with Crippen molar-refractivity contribution < 1.29 is 4.92 Å². The summed E-state index contributed by atoms with van der Waals surface area (Å²) >= 11 is 1.48. The highest BCUT2D eigenvalue weighted by Crippen LogP contribution is 2.28. The Morgan fingerprint density at radius 1 is 0.941 bits per heavy atom. The number of non-ortho nitro benzene ring substituents is 1. The number of fused-ring (bicyclic) bond motifs is 1. The zero-order valence-corrected chi connectivity index (χ0v) is 20.7. The first-order chi connectivity index (χ1) is 16.6. The summed E-state index contributed by atoms with van der Waals surface area (Å²) in [5.74, 6) is 0. The van der Waals surface area contributed by atoms with Gasteiger partial charge < -0.3 is 9.62 Å². The number of hydrogen-bond acceptors (Lipinski definition) is 6. The van der Waals surface area contributed by atoms with E-state index in [9.17, 15) is 10.1 Å². The molecule has 0 atom stereocenters. The number of rotatable bonds is 10. The van der Waals surface area contributed by atoms with Crippen LogP contribution in [0.25, 0.3) is 10.8 Å². The molecule has 0 unspecified atom stereocenters. The fraction of sp³-hybridized carbons (Fsp3) is 0.407. The summed E-state index contributed by atoms with van der Waals surface area (Å²) in [6, 6.07) is 19.9. The minimum Gasteiger partial charge on any atom is -0.325 e. The predicted molar refractivity (Wildman–Crippen MR) is 142 cm³/mol. The molecule has 3 aromatic carbocycles. The maximum absolute atomic E-state index is 11.6. The molecule has 1 N–H and O–H groups in total. The molecule has 7 heteroatoms. The average molecular weight is 479 g/mol. The predicted octanol–water partition coefficient (Wildman–Crippen LogP) is 6.57. The van der Waals surface area contributed by atoms with Crippen LogP contribution >= 0.6 is 11.9 Å². The summed E-state index contributed by atoms with van der Waals surface area (Å²) in [6.45, 7) is 8.40. The lowest BCUT2D eigenvalue weighted by atomic mass is 10.1. The van der Waals surface area contributed by atoms with E-state index in [4.69, 9.17) is 0 Å². The van der Waals surface area contributed by atoms with Crippen LogP contribution in [0.3, 0.4) is 0 Å². The first-order valence-electron chi connectivity index (χ1n) is 12.3. The molecule has 0 saturated carbocycles. The molecule has 0 amide bonds. The van der Waals surface area contributed by atoms with E-state index >= 15 is 0 Å². The van der Waals surface area contributed by atoms with Gasteiger partial charge in [-0.15, -0.1) is 0 Å². The normalized spacial score (nSPS) is 15.3. The van der Waals surface area contributed by atoms with Crippen molar-refractivity contribution in [1.29, 1.82) is 0 Å². The molecule has 1 aliphatic rings. The van der Waals surface area contributed by atoms with Gasteiger partial charge in [0.05, 0.1) is 10.6 Å². The number of nitrogens with one attached hydrogen (secondary N) is 1. The summed E-state index contributed by atoms with van der Waals surface area (Å²) in [5.41, 5.74) is 1.88. The standard InChI is InChI=1S/C27H34N4O2S/c1-2-3-6-12-29-13-7-14-30(16-15-29)21-22-17-25(20-26(18-22)31(32)33)28-34-27-11-10-23-8-4-5-9-24(23)19-27/h4-5,8-11,17-20,28H,2-3,6-7,12-16,21H2,1H3. The Balaban J connectivity index is 1.40. The van der Waals surface area contributed by atoms with Crippen molar-refractivity contribution in [1.82, 2.24) is 9.80 Å². The Labute approximate surface area is 206 Å². The fourth-order valence-electron chi connectivity index (χ4n) is 4.53. The van der Waals surface area contributed by atoms with E-state index in [0.717, 1.165) is 55.3 Å². The Morgan fingerprint density at radius 3 is 2.56 bits per heavy atom. The second-order valence-electron chi connectivity index (χ2n) is 9.04. The molecular formula is C27H34N4O2S. The lowest BCUT2D eigenvalue weighted by Gasteiger charge is -2.22. The third-order valence-electron chi connectivity index (χ3n) is 6.36. The first-order valence-corrected chi connectivity index (χ1v) is 13.1. The molecule has 0 aliphatic carbocycles. The summed E-state index contributed by atoms with van der Waals surface area (Å²) in [7, 11) is 0. The SMILES string of the molecule is CCCCCN1CCCN(Cc2cc(NSc3ccc4ccccc4c3)cc([N+](=O)[O-])c2)CC1. The van der Waals surface area contributed by atoms with Crippen LogP contribution in [-0.2, 0) is 6.54 Å².